The molecule has 0 aromatic heterocycles. The van der Waals surface area contributed by atoms with Crippen molar-refractivity contribution in [1.29, 1.82) is 0 Å². The molecule has 0 aromatic carbocycles. The van der Waals surface area contributed by atoms with Gasteiger partial charge in [0.2, 0.25) is 0 Å². The van der Waals surface area contributed by atoms with Gasteiger partial charge in [0.25, 0.3) is 0 Å². The smallest absolute Gasteiger partial charge is 0.0701 e. The maximum absolute atomic E-state index is 10.8. The molecule has 152 valence electrons. The Bertz CT molecular complexity index is 340. The van der Waals surface area contributed by atoms with Crippen molar-refractivity contribution in [2.24, 2.45) is 0 Å². The molecule has 0 aliphatic carbocycles. The third-order valence-corrected chi connectivity index (χ3v) is 3.66. The van der Waals surface area contributed by atoms with Crippen LogP contribution in [0.1, 0.15) is 0 Å². The van der Waals surface area contributed by atoms with E-state index >= 15 is 0 Å². The molecule has 1 saturated heterocycles. The van der Waals surface area contributed by atoms with E-state index in [-0.39, 0.29) is 13.1 Å². The molecule has 0 N–H and O–H groups in total. The van der Waals surface area contributed by atoms with Gasteiger partial charge in [-0.15, -0.1) is 0 Å². The van der Waals surface area contributed by atoms with Gasteiger partial charge in [0.15, 0.2) is 0 Å². The van der Waals surface area contributed by atoms with E-state index < -0.39 is 11.9 Å². The minimum atomic E-state index is -1.14. The van der Waals surface area contributed by atoms with E-state index in [2.05, 4.69) is 0 Å². The first-order valence-corrected chi connectivity index (χ1v) is 8.73. The first-order chi connectivity index (χ1) is 12.6. The molecule has 26 heavy (non-hydrogen) atoms. The molecule has 0 aromatic rings. The molecule has 0 spiro atoms. The third-order valence-electron chi connectivity index (χ3n) is 3.66. The fraction of sp³-hybridized carbons (Fsp3) is 0.875. The predicted octanol–water partition coefficient (Wildman–Crippen LogP) is -3.83. The highest BCUT2D eigenvalue weighted by Gasteiger charge is 2.07. The normalized spacial score (nSPS) is 21.5. The summed E-state index contributed by atoms with van der Waals surface area (Å²) in [6.07, 6.45) is 0. The van der Waals surface area contributed by atoms with Crippen molar-refractivity contribution < 1.29 is 38.7 Å². The van der Waals surface area contributed by atoms with Gasteiger partial charge in [-0.05, 0) is 0 Å². The lowest BCUT2D eigenvalue weighted by atomic mass is 10.4. The number of ether oxygens (including phenoxy) is 4. The first-order valence-electron chi connectivity index (χ1n) is 8.73. The summed E-state index contributed by atoms with van der Waals surface area (Å²) >= 11 is 0. The molecule has 0 saturated carbocycles. The Labute approximate surface area is 153 Å². The fourth-order valence-corrected chi connectivity index (χ4v) is 2.32. The van der Waals surface area contributed by atoms with Crippen LogP contribution in [0.25, 0.3) is 0 Å². The summed E-state index contributed by atoms with van der Waals surface area (Å²) in [4.78, 5) is 24.9. The summed E-state index contributed by atoms with van der Waals surface area (Å²) < 4.78 is 21.7. The lowest BCUT2D eigenvalue weighted by molar-refractivity contribution is -0.307. The van der Waals surface area contributed by atoms with Gasteiger partial charge in [-0.3, -0.25) is 9.80 Å². The maximum Gasteiger partial charge on any atom is 0.0701 e. The third kappa shape index (κ3) is 13.0. The Balaban J connectivity index is 2.38. The monoisotopic (exact) mass is 376 g/mol. The van der Waals surface area contributed by atoms with Gasteiger partial charge in [-0.1, -0.05) is 0 Å². The van der Waals surface area contributed by atoms with E-state index in [1.54, 1.807) is 9.80 Å². The van der Waals surface area contributed by atoms with Crippen molar-refractivity contribution in [1.82, 2.24) is 9.80 Å². The average molecular weight is 376 g/mol. The van der Waals surface area contributed by atoms with Crippen LogP contribution in [-0.4, -0.2) is 114 Å². The summed E-state index contributed by atoms with van der Waals surface area (Å²) in [5.74, 6) is -2.28. The largest absolute Gasteiger partial charge is 0.549 e. The van der Waals surface area contributed by atoms with Crippen LogP contribution in [0.4, 0.5) is 0 Å². The number of rotatable bonds is 4. The topological polar surface area (TPSA) is 124 Å². The minimum absolute atomic E-state index is 0.173. The zero-order valence-corrected chi connectivity index (χ0v) is 15.1. The molecule has 10 heteroatoms. The number of hydrogen-bond acceptors (Lipinski definition) is 10. The highest BCUT2D eigenvalue weighted by molar-refractivity contribution is 5.66. The van der Waals surface area contributed by atoms with Crippen LogP contribution < -0.4 is 10.2 Å². The van der Waals surface area contributed by atoms with E-state index in [1.807, 2.05) is 0 Å². The molecular formula is C16H28N2O8-2. The summed E-state index contributed by atoms with van der Waals surface area (Å²) in [7, 11) is 0. The molecule has 1 aliphatic rings. The highest BCUT2D eigenvalue weighted by atomic mass is 16.5. The molecule has 1 fully saturated rings. The summed E-state index contributed by atoms with van der Waals surface area (Å²) in [5.41, 5.74) is 0. The van der Waals surface area contributed by atoms with E-state index in [0.29, 0.717) is 79.0 Å². The highest BCUT2D eigenvalue weighted by Crippen LogP contribution is 1.93. The van der Waals surface area contributed by atoms with Gasteiger partial charge < -0.3 is 38.7 Å². The van der Waals surface area contributed by atoms with Crippen molar-refractivity contribution in [3.63, 3.8) is 0 Å². The van der Waals surface area contributed by atoms with Gasteiger partial charge in [-0.25, -0.2) is 0 Å². The van der Waals surface area contributed by atoms with E-state index in [9.17, 15) is 19.8 Å². The van der Waals surface area contributed by atoms with Gasteiger partial charge in [-0.2, -0.15) is 0 Å². The maximum atomic E-state index is 10.8. The number of carboxylic acids is 2. The molecule has 1 rings (SSSR count). The molecule has 0 bridgehead atoms. The van der Waals surface area contributed by atoms with E-state index in [4.69, 9.17) is 18.9 Å². The number of nitrogens with zero attached hydrogens (tertiary/aromatic N) is 2. The predicted molar refractivity (Wildman–Crippen MR) is 86.2 cm³/mol. The zero-order chi connectivity index (χ0) is 19.0. The van der Waals surface area contributed by atoms with Crippen molar-refractivity contribution in [3.05, 3.63) is 0 Å². The van der Waals surface area contributed by atoms with Gasteiger partial charge in [0.05, 0.1) is 64.8 Å². The standard InChI is InChI=1S/C16H30N2O8/c19-15(20)13-17-1-5-23-9-10-25-7-3-18(14-16(21)22)4-8-26-12-11-24-6-2-17/h1-14H2,(H,19,20)(H,21,22)/p-2. The van der Waals surface area contributed by atoms with Gasteiger partial charge >= 0.3 is 0 Å². The van der Waals surface area contributed by atoms with Gasteiger partial charge in [0, 0.05) is 39.3 Å². The van der Waals surface area contributed by atoms with Crippen LogP contribution in [0.2, 0.25) is 0 Å². The SMILES string of the molecule is O=C([O-])CN1CCOCCOCCN(CC(=O)[O-])CCOCCOCC1. The van der Waals surface area contributed by atoms with Crippen LogP contribution in [0.15, 0.2) is 0 Å². The fourth-order valence-electron chi connectivity index (χ4n) is 2.32. The molecule has 0 unspecified atom stereocenters. The second kappa shape index (κ2) is 14.8. The Morgan fingerprint density at radius 2 is 0.846 bits per heavy atom. The Hall–Kier alpha value is -1.30. The molecule has 1 aliphatic heterocycles. The molecule has 0 atom stereocenters. The lowest BCUT2D eigenvalue weighted by Crippen LogP contribution is -2.42. The molecule has 10 nitrogen and oxygen atoms in total. The van der Waals surface area contributed by atoms with Crippen LogP contribution in [0.5, 0.6) is 0 Å². The number of carbonyl (C=O) groups is 2. The molecule has 0 amide bonds. The van der Waals surface area contributed by atoms with Crippen molar-refractivity contribution >= 4 is 11.9 Å². The summed E-state index contributed by atoms with van der Waals surface area (Å²) in [5, 5.41) is 21.5. The summed E-state index contributed by atoms with van der Waals surface area (Å²) in [6, 6.07) is 0. The van der Waals surface area contributed by atoms with Crippen molar-refractivity contribution in [2.75, 3.05) is 92.1 Å². The quantitative estimate of drug-likeness (QED) is 0.482. The van der Waals surface area contributed by atoms with Crippen molar-refractivity contribution in [2.45, 2.75) is 0 Å². The Kier molecular flexibility index (Phi) is 13.0. The van der Waals surface area contributed by atoms with Crippen LogP contribution >= 0.6 is 0 Å². The van der Waals surface area contributed by atoms with Crippen LogP contribution in [-0.2, 0) is 28.5 Å². The molecule has 0 radical (unpaired) electrons. The Morgan fingerprint density at radius 1 is 0.577 bits per heavy atom. The van der Waals surface area contributed by atoms with E-state index in [1.165, 1.54) is 0 Å². The van der Waals surface area contributed by atoms with E-state index in [0.717, 1.165) is 0 Å². The van der Waals surface area contributed by atoms with Crippen LogP contribution in [0.3, 0.4) is 0 Å². The second-order valence-electron chi connectivity index (χ2n) is 5.75. The Morgan fingerprint density at radius 3 is 1.08 bits per heavy atom. The lowest BCUT2D eigenvalue weighted by Gasteiger charge is -2.24. The first kappa shape index (κ1) is 22.7. The number of carbonyl (C=O) groups excluding carboxylic acids is 2. The molecular weight excluding hydrogens is 348 g/mol. The van der Waals surface area contributed by atoms with Gasteiger partial charge in [0.1, 0.15) is 0 Å². The number of carboxylic acid groups (broad SMARTS) is 2. The minimum Gasteiger partial charge on any atom is -0.549 e. The molecule has 1 heterocycles. The second-order valence-corrected chi connectivity index (χ2v) is 5.75. The average Bonchev–Trinajstić information content (AvgIpc) is 2.57. The summed E-state index contributed by atoms with van der Waals surface area (Å²) in [6.45, 7) is 4.44. The number of aliphatic carboxylic acids is 2. The van der Waals surface area contributed by atoms with Crippen LogP contribution in [0, 0.1) is 0 Å². The number of hydrogen-bond donors (Lipinski definition) is 0. The van der Waals surface area contributed by atoms with Crippen molar-refractivity contribution in [3.8, 4) is 0 Å². The zero-order valence-electron chi connectivity index (χ0n) is 15.1.